The molecule has 0 aliphatic heterocycles. The molecule has 5 heteroatoms. The highest BCUT2D eigenvalue weighted by Gasteiger charge is 2.22. The van der Waals surface area contributed by atoms with Gasteiger partial charge in [0.2, 0.25) is 5.95 Å². The molecule has 3 aromatic heterocycles. The Morgan fingerprint density at radius 1 is 1.07 bits per heavy atom. The Labute approximate surface area is 171 Å². The standard InChI is InChI=1S/C23H30N4S/c1-2-3-12-18-20-21-19(28-22(20)16-11-7-8-13-17(16)26-18)14-24-23(27-21)25-15-9-5-4-6-10-15/h14-15H,2-13H2,1H3,(H,24,25,27). The van der Waals surface area contributed by atoms with Crippen LogP contribution in [-0.4, -0.2) is 21.0 Å². The SMILES string of the molecule is CCCCc1nc2c(c3sc4cnc(NC5CCCCC5)nc4c13)CCCC2. The van der Waals surface area contributed by atoms with E-state index in [0.29, 0.717) is 6.04 Å². The van der Waals surface area contributed by atoms with Crippen LogP contribution in [0.2, 0.25) is 0 Å². The van der Waals surface area contributed by atoms with Gasteiger partial charge in [-0.3, -0.25) is 4.98 Å². The lowest BCUT2D eigenvalue weighted by atomic mass is 9.94. The number of unbranched alkanes of at least 4 members (excludes halogenated alkanes) is 1. The number of nitrogens with zero attached hydrogens (tertiary/aromatic N) is 3. The summed E-state index contributed by atoms with van der Waals surface area (Å²) in [4.78, 5) is 14.9. The van der Waals surface area contributed by atoms with Crippen molar-refractivity contribution >= 4 is 37.6 Å². The number of hydrogen-bond donors (Lipinski definition) is 1. The van der Waals surface area contributed by atoms with Gasteiger partial charge in [-0.1, -0.05) is 32.6 Å². The number of rotatable bonds is 5. The minimum atomic E-state index is 0.529. The number of thiophene rings is 1. The summed E-state index contributed by atoms with van der Waals surface area (Å²) in [6.07, 6.45) is 16.8. The molecule has 1 N–H and O–H groups in total. The molecule has 148 valence electrons. The van der Waals surface area contributed by atoms with Crippen LogP contribution in [0.5, 0.6) is 0 Å². The second-order valence-corrected chi connectivity index (χ2v) is 9.54. The molecule has 5 rings (SSSR count). The number of aromatic nitrogens is 3. The van der Waals surface area contributed by atoms with Gasteiger partial charge in [0.15, 0.2) is 0 Å². The Hall–Kier alpha value is -1.75. The van der Waals surface area contributed by atoms with Crippen LogP contribution in [-0.2, 0) is 19.3 Å². The number of hydrogen-bond acceptors (Lipinski definition) is 5. The topological polar surface area (TPSA) is 50.7 Å². The van der Waals surface area contributed by atoms with Crippen molar-refractivity contribution in [1.29, 1.82) is 0 Å². The van der Waals surface area contributed by atoms with E-state index in [2.05, 4.69) is 17.2 Å². The molecular weight excluding hydrogens is 364 g/mol. The van der Waals surface area contributed by atoms with Crippen molar-refractivity contribution in [3.05, 3.63) is 23.1 Å². The lowest BCUT2D eigenvalue weighted by molar-refractivity contribution is 0.461. The fourth-order valence-electron chi connectivity index (χ4n) is 4.87. The lowest BCUT2D eigenvalue weighted by Crippen LogP contribution is -2.23. The van der Waals surface area contributed by atoms with Gasteiger partial charge in [0.05, 0.1) is 22.1 Å². The minimum Gasteiger partial charge on any atom is -0.351 e. The van der Waals surface area contributed by atoms with E-state index in [1.165, 1.54) is 95.9 Å². The van der Waals surface area contributed by atoms with Gasteiger partial charge < -0.3 is 5.32 Å². The van der Waals surface area contributed by atoms with E-state index in [4.69, 9.17) is 9.97 Å². The molecule has 2 aliphatic carbocycles. The summed E-state index contributed by atoms with van der Waals surface area (Å²) in [7, 11) is 0. The molecule has 0 spiro atoms. The fraction of sp³-hybridized carbons (Fsp3) is 0.609. The van der Waals surface area contributed by atoms with Gasteiger partial charge >= 0.3 is 0 Å². The van der Waals surface area contributed by atoms with Gasteiger partial charge in [-0.2, -0.15) is 0 Å². The van der Waals surface area contributed by atoms with E-state index in [-0.39, 0.29) is 0 Å². The molecule has 3 heterocycles. The fourth-order valence-corrected chi connectivity index (χ4v) is 6.10. The number of aryl methyl sites for hydroxylation is 3. The van der Waals surface area contributed by atoms with Crippen LogP contribution < -0.4 is 5.32 Å². The van der Waals surface area contributed by atoms with Gasteiger partial charge in [0, 0.05) is 21.8 Å². The minimum absolute atomic E-state index is 0.529. The molecule has 0 bridgehead atoms. The first-order valence-corrected chi connectivity index (χ1v) is 12.0. The summed E-state index contributed by atoms with van der Waals surface area (Å²) in [6.45, 7) is 2.26. The van der Waals surface area contributed by atoms with E-state index in [0.717, 1.165) is 24.3 Å². The molecule has 1 fully saturated rings. The first-order valence-electron chi connectivity index (χ1n) is 11.2. The summed E-state index contributed by atoms with van der Waals surface area (Å²) in [5.41, 5.74) is 5.24. The van der Waals surface area contributed by atoms with Crippen molar-refractivity contribution in [2.24, 2.45) is 0 Å². The Morgan fingerprint density at radius 2 is 1.93 bits per heavy atom. The Bertz CT molecular complexity index is 987. The van der Waals surface area contributed by atoms with E-state index in [1.807, 2.05) is 17.5 Å². The zero-order valence-corrected chi connectivity index (χ0v) is 17.7. The van der Waals surface area contributed by atoms with Gasteiger partial charge in [-0.05, 0) is 56.9 Å². The molecule has 1 saturated carbocycles. The second-order valence-electron chi connectivity index (χ2n) is 8.49. The molecule has 0 aromatic carbocycles. The molecule has 0 radical (unpaired) electrons. The average Bonchev–Trinajstić information content (AvgIpc) is 3.12. The predicted molar refractivity (Wildman–Crippen MR) is 118 cm³/mol. The predicted octanol–water partition coefficient (Wildman–Crippen LogP) is 6.21. The molecule has 3 aromatic rings. The molecule has 0 atom stereocenters. The number of anilines is 1. The third-order valence-electron chi connectivity index (χ3n) is 6.41. The third-order valence-corrected chi connectivity index (χ3v) is 7.58. The van der Waals surface area contributed by atoms with Gasteiger partial charge in [-0.15, -0.1) is 11.3 Å². The molecule has 0 unspecified atom stereocenters. The molecule has 0 amide bonds. The van der Waals surface area contributed by atoms with Crippen LogP contribution in [0.15, 0.2) is 6.20 Å². The number of pyridine rings is 1. The van der Waals surface area contributed by atoms with E-state index in [1.54, 1.807) is 0 Å². The Kier molecular flexibility index (Phi) is 5.19. The molecular formula is C23H30N4S. The molecule has 0 saturated heterocycles. The maximum atomic E-state index is 5.17. The third kappa shape index (κ3) is 3.38. The quantitative estimate of drug-likeness (QED) is 0.559. The van der Waals surface area contributed by atoms with Crippen molar-refractivity contribution in [3.63, 3.8) is 0 Å². The zero-order valence-electron chi connectivity index (χ0n) is 16.9. The summed E-state index contributed by atoms with van der Waals surface area (Å²) in [6, 6.07) is 0.529. The van der Waals surface area contributed by atoms with E-state index >= 15 is 0 Å². The van der Waals surface area contributed by atoms with Crippen molar-refractivity contribution in [2.75, 3.05) is 5.32 Å². The van der Waals surface area contributed by atoms with Crippen molar-refractivity contribution in [3.8, 4) is 0 Å². The first-order chi connectivity index (χ1) is 13.8. The van der Waals surface area contributed by atoms with E-state index < -0.39 is 0 Å². The van der Waals surface area contributed by atoms with Crippen LogP contribution in [0.4, 0.5) is 5.95 Å². The summed E-state index contributed by atoms with van der Waals surface area (Å²) >= 11 is 1.89. The summed E-state index contributed by atoms with van der Waals surface area (Å²) in [5.74, 6) is 0.804. The van der Waals surface area contributed by atoms with Gasteiger partial charge in [-0.25, -0.2) is 9.97 Å². The maximum Gasteiger partial charge on any atom is 0.223 e. The van der Waals surface area contributed by atoms with Crippen LogP contribution >= 0.6 is 11.3 Å². The Morgan fingerprint density at radius 3 is 2.79 bits per heavy atom. The summed E-state index contributed by atoms with van der Waals surface area (Å²) < 4.78 is 2.65. The van der Waals surface area contributed by atoms with Crippen LogP contribution in [0, 0.1) is 0 Å². The van der Waals surface area contributed by atoms with Crippen LogP contribution in [0.25, 0.3) is 20.3 Å². The van der Waals surface area contributed by atoms with Crippen molar-refractivity contribution in [2.45, 2.75) is 90.0 Å². The average molecular weight is 395 g/mol. The normalized spacial score (nSPS) is 17.9. The van der Waals surface area contributed by atoms with Crippen LogP contribution in [0.1, 0.15) is 81.7 Å². The first kappa shape index (κ1) is 18.3. The maximum absolute atomic E-state index is 5.17. The highest BCUT2D eigenvalue weighted by Crippen LogP contribution is 2.40. The van der Waals surface area contributed by atoms with Crippen molar-refractivity contribution in [1.82, 2.24) is 15.0 Å². The largest absolute Gasteiger partial charge is 0.351 e. The van der Waals surface area contributed by atoms with E-state index in [9.17, 15) is 0 Å². The number of fused-ring (bicyclic) bond motifs is 5. The molecule has 28 heavy (non-hydrogen) atoms. The lowest BCUT2D eigenvalue weighted by Gasteiger charge is -2.22. The highest BCUT2D eigenvalue weighted by molar-refractivity contribution is 7.26. The second kappa shape index (κ2) is 7.94. The zero-order chi connectivity index (χ0) is 18.9. The van der Waals surface area contributed by atoms with Gasteiger partial charge in [0.25, 0.3) is 0 Å². The van der Waals surface area contributed by atoms with Gasteiger partial charge in [0.1, 0.15) is 0 Å². The van der Waals surface area contributed by atoms with Crippen LogP contribution in [0.3, 0.4) is 0 Å². The Balaban J connectivity index is 1.61. The van der Waals surface area contributed by atoms with Crippen molar-refractivity contribution < 1.29 is 0 Å². The highest BCUT2D eigenvalue weighted by atomic mass is 32.1. The molecule has 4 nitrogen and oxygen atoms in total. The smallest absolute Gasteiger partial charge is 0.223 e. The monoisotopic (exact) mass is 394 g/mol. The molecule has 2 aliphatic rings. The summed E-state index contributed by atoms with van der Waals surface area (Å²) in [5, 5.41) is 4.94. The number of nitrogens with one attached hydrogen (secondary N) is 1.